The highest BCUT2D eigenvalue weighted by molar-refractivity contribution is 9.11. The van der Waals surface area contributed by atoms with Crippen molar-refractivity contribution in [1.29, 1.82) is 0 Å². The zero-order valence-corrected chi connectivity index (χ0v) is 14.7. The quantitative estimate of drug-likeness (QED) is 0.622. The summed E-state index contributed by atoms with van der Waals surface area (Å²) in [6.07, 6.45) is 0. The molecule has 0 bridgehead atoms. The van der Waals surface area contributed by atoms with Gasteiger partial charge in [-0.15, -0.1) is 11.3 Å². The van der Waals surface area contributed by atoms with Crippen LogP contribution in [0.5, 0.6) is 0 Å². The summed E-state index contributed by atoms with van der Waals surface area (Å²) in [4.78, 5) is 1.22. The van der Waals surface area contributed by atoms with Gasteiger partial charge in [0.2, 0.25) is 0 Å². The minimum Gasteiger partial charge on any atom is -0.271 e. The molecule has 0 radical (unpaired) electrons. The Balaban J connectivity index is 2.33. The van der Waals surface area contributed by atoms with Crippen LogP contribution in [-0.4, -0.2) is 0 Å². The zero-order chi connectivity index (χ0) is 14.9. The third-order valence-corrected chi connectivity index (χ3v) is 5.64. The molecule has 0 aliphatic carbocycles. The van der Waals surface area contributed by atoms with Crippen LogP contribution in [0.1, 0.15) is 48.4 Å². The van der Waals surface area contributed by atoms with Crippen LogP contribution >= 0.6 is 27.3 Å². The molecule has 0 amide bonds. The predicted molar refractivity (Wildman–Crippen MR) is 91.1 cm³/mol. The molecular weight excluding hydrogens is 332 g/mol. The monoisotopic (exact) mass is 352 g/mol. The highest BCUT2D eigenvalue weighted by atomic mass is 79.9. The molecule has 108 valence electrons. The summed E-state index contributed by atoms with van der Waals surface area (Å²) in [6, 6.07) is 10.9. The van der Waals surface area contributed by atoms with Gasteiger partial charge in [0.1, 0.15) is 0 Å². The first-order chi connectivity index (χ1) is 9.32. The molecule has 0 saturated carbocycles. The Morgan fingerprint density at radius 2 is 1.80 bits per heavy atom. The molecule has 0 spiro atoms. The van der Waals surface area contributed by atoms with Crippen molar-refractivity contribution in [1.82, 2.24) is 5.43 Å². The molecule has 4 heteroatoms. The lowest BCUT2D eigenvalue weighted by molar-refractivity contribution is 0.588. The van der Waals surface area contributed by atoms with Crippen LogP contribution in [0.4, 0.5) is 0 Å². The number of aryl methyl sites for hydroxylation is 1. The maximum atomic E-state index is 5.76. The van der Waals surface area contributed by atoms with Gasteiger partial charge in [-0.25, -0.2) is 5.43 Å². The maximum Gasteiger partial charge on any atom is 0.0803 e. The van der Waals surface area contributed by atoms with Crippen molar-refractivity contribution in [3.8, 4) is 0 Å². The van der Waals surface area contributed by atoms with Gasteiger partial charge in [-0.3, -0.25) is 5.84 Å². The second-order valence-electron chi connectivity index (χ2n) is 6.08. The third-order valence-electron chi connectivity index (χ3n) is 3.44. The first-order valence-corrected chi connectivity index (χ1v) is 8.26. The zero-order valence-electron chi connectivity index (χ0n) is 12.3. The van der Waals surface area contributed by atoms with E-state index in [4.69, 9.17) is 5.84 Å². The number of nitrogens with two attached hydrogens (primary N) is 1. The van der Waals surface area contributed by atoms with Gasteiger partial charge in [0, 0.05) is 4.88 Å². The fourth-order valence-electron chi connectivity index (χ4n) is 2.14. The Hall–Kier alpha value is -0.680. The van der Waals surface area contributed by atoms with E-state index in [0.717, 1.165) is 0 Å². The number of hydrogen-bond donors (Lipinski definition) is 2. The summed E-state index contributed by atoms with van der Waals surface area (Å²) in [7, 11) is 0. The molecule has 1 heterocycles. The summed E-state index contributed by atoms with van der Waals surface area (Å²) in [5.41, 5.74) is 6.87. The first kappa shape index (κ1) is 15.7. The van der Waals surface area contributed by atoms with Gasteiger partial charge in [-0.05, 0) is 51.0 Å². The van der Waals surface area contributed by atoms with E-state index in [0.29, 0.717) is 0 Å². The van der Waals surface area contributed by atoms with E-state index in [-0.39, 0.29) is 11.5 Å². The molecule has 0 saturated heterocycles. The minimum absolute atomic E-state index is 0.0408. The van der Waals surface area contributed by atoms with E-state index in [1.165, 1.54) is 25.4 Å². The third kappa shape index (κ3) is 3.31. The molecule has 1 aromatic heterocycles. The Morgan fingerprint density at radius 3 is 2.20 bits per heavy atom. The van der Waals surface area contributed by atoms with Gasteiger partial charge in [0.25, 0.3) is 0 Å². The van der Waals surface area contributed by atoms with Gasteiger partial charge >= 0.3 is 0 Å². The highest BCUT2D eigenvalue weighted by Crippen LogP contribution is 2.34. The molecular formula is C16H21BrN2S. The molecule has 2 nitrogen and oxygen atoms in total. The summed E-state index contributed by atoms with van der Waals surface area (Å²) < 4.78 is 1.17. The second kappa shape index (κ2) is 5.98. The van der Waals surface area contributed by atoms with Crippen LogP contribution in [0.3, 0.4) is 0 Å². The van der Waals surface area contributed by atoms with Gasteiger partial charge in [0.15, 0.2) is 0 Å². The van der Waals surface area contributed by atoms with Gasteiger partial charge in [0.05, 0.1) is 9.83 Å². The van der Waals surface area contributed by atoms with Crippen molar-refractivity contribution in [3.63, 3.8) is 0 Å². The number of benzene rings is 1. The molecule has 1 atom stereocenters. The smallest absolute Gasteiger partial charge is 0.0803 e. The SMILES string of the molecule is Cc1cc(C(NN)c2ccc(C(C)(C)C)cc2)sc1Br. The highest BCUT2D eigenvalue weighted by Gasteiger charge is 2.18. The Morgan fingerprint density at radius 1 is 1.20 bits per heavy atom. The fourth-order valence-corrected chi connectivity index (χ4v) is 3.80. The molecule has 20 heavy (non-hydrogen) atoms. The lowest BCUT2D eigenvalue weighted by Crippen LogP contribution is -2.28. The molecule has 0 aliphatic heterocycles. The Kier molecular flexibility index (Phi) is 4.69. The van der Waals surface area contributed by atoms with Gasteiger partial charge in [-0.1, -0.05) is 45.0 Å². The van der Waals surface area contributed by atoms with Crippen molar-refractivity contribution in [3.05, 3.63) is 55.7 Å². The van der Waals surface area contributed by atoms with E-state index >= 15 is 0 Å². The number of rotatable bonds is 3. The van der Waals surface area contributed by atoms with Crippen LogP contribution in [-0.2, 0) is 5.41 Å². The lowest BCUT2D eigenvalue weighted by Gasteiger charge is -2.21. The van der Waals surface area contributed by atoms with Gasteiger partial charge < -0.3 is 0 Å². The molecule has 3 N–H and O–H groups in total. The fraction of sp³-hybridized carbons (Fsp3) is 0.375. The average molecular weight is 353 g/mol. The molecule has 2 rings (SSSR count). The van der Waals surface area contributed by atoms with Crippen LogP contribution in [0, 0.1) is 6.92 Å². The first-order valence-electron chi connectivity index (χ1n) is 6.65. The van der Waals surface area contributed by atoms with E-state index in [9.17, 15) is 0 Å². The molecule has 2 aromatic rings. The van der Waals surface area contributed by atoms with E-state index in [1.54, 1.807) is 11.3 Å². The van der Waals surface area contributed by atoms with Crippen molar-refractivity contribution in [2.45, 2.75) is 39.2 Å². The van der Waals surface area contributed by atoms with Crippen LogP contribution < -0.4 is 11.3 Å². The Labute approximate surface area is 133 Å². The van der Waals surface area contributed by atoms with E-state index in [2.05, 4.69) is 79.4 Å². The molecule has 0 aliphatic rings. The summed E-state index contributed by atoms with van der Waals surface area (Å²) in [5, 5.41) is 0. The van der Waals surface area contributed by atoms with Crippen molar-refractivity contribution < 1.29 is 0 Å². The summed E-state index contributed by atoms with van der Waals surface area (Å²) in [5.74, 6) is 5.76. The van der Waals surface area contributed by atoms with Crippen molar-refractivity contribution >= 4 is 27.3 Å². The molecule has 1 unspecified atom stereocenters. The largest absolute Gasteiger partial charge is 0.271 e. The summed E-state index contributed by atoms with van der Waals surface area (Å²) in [6.45, 7) is 8.77. The van der Waals surface area contributed by atoms with E-state index < -0.39 is 0 Å². The second-order valence-corrected chi connectivity index (χ2v) is 8.48. The minimum atomic E-state index is 0.0408. The average Bonchev–Trinajstić information content (AvgIpc) is 2.70. The van der Waals surface area contributed by atoms with Crippen molar-refractivity contribution in [2.24, 2.45) is 5.84 Å². The standard InChI is InChI=1S/C16H21BrN2S/c1-10-9-13(20-15(10)17)14(19-18)11-5-7-12(8-6-11)16(2,3)4/h5-9,14,19H,18H2,1-4H3. The maximum absolute atomic E-state index is 5.76. The molecule has 1 aromatic carbocycles. The molecule has 0 fully saturated rings. The predicted octanol–water partition coefficient (Wildman–Crippen LogP) is 4.67. The van der Waals surface area contributed by atoms with Crippen LogP contribution in [0.25, 0.3) is 0 Å². The summed E-state index contributed by atoms with van der Waals surface area (Å²) >= 11 is 5.30. The Bertz CT molecular complexity index is 562. The number of thiophene rings is 1. The van der Waals surface area contributed by atoms with Crippen LogP contribution in [0.15, 0.2) is 34.1 Å². The van der Waals surface area contributed by atoms with Gasteiger partial charge in [-0.2, -0.15) is 0 Å². The lowest BCUT2D eigenvalue weighted by atomic mass is 9.86. The number of hydrazine groups is 1. The van der Waals surface area contributed by atoms with Crippen LogP contribution in [0.2, 0.25) is 0 Å². The van der Waals surface area contributed by atoms with E-state index in [1.807, 2.05) is 0 Å². The number of hydrogen-bond acceptors (Lipinski definition) is 3. The topological polar surface area (TPSA) is 38.0 Å². The normalized spacial score (nSPS) is 13.5. The number of nitrogens with one attached hydrogen (secondary N) is 1. The van der Waals surface area contributed by atoms with Crippen molar-refractivity contribution in [2.75, 3.05) is 0 Å². The number of halogens is 1.